The molecule has 0 aliphatic carbocycles. The van der Waals surface area contributed by atoms with E-state index in [4.69, 9.17) is 4.52 Å². The smallest absolute Gasteiger partial charge is 0.277 e. The lowest BCUT2D eigenvalue weighted by Crippen LogP contribution is -2.22. The Kier molecular flexibility index (Phi) is 6.88. The van der Waals surface area contributed by atoms with Crippen LogP contribution in [0.15, 0.2) is 54.6 Å². The first-order chi connectivity index (χ1) is 12.0. The van der Waals surface area contributed by atoms with Crippen LogP contribution in [-0.2, 0) is 21.9 Å². The maximum Gasteiger partial charge on any atom is 0.277 e. The fourth-order valence-corrected chi connectivity index (χ4v) is 4.92. The zero-order chi connectivity index (χ0) is 18.3. The van der Waals surface area contributed by atoms with E-state index in [2.05, 4.69) is 0 Å². The van der Waals surface area contributed by atoms with Gasteiger partial charge >= 0.3 is 0 Å². The summed E-state index contributed by atoms with van der Waals surface area (Å²) in [5, 5.41) is 10.7. The van der Waals surface area contributed by atoms with Crippen molar-refractivity contribution in [1.82, 2.24) is 4.67 Å². The molecule has 1 atom stereocenters. The van der Waals surface area contributed by atoms with E-state index in [1.807, 2.05) is 48.8 Å². The molecular formula is C18H23N2O4P. The van der Waals surface area contributed by atoms with E-state index in [1.54, 1.807) is 12.1 Å². The molecule has 2 aromatic carbocycles. The summed E-state index contributed by atoms with van der Waals surface area (Å²) in [7, 11) is -3.05. The number of nitro groups is 1. The first-order valence-corrected chi connectivity index (χ1v) is 10.0. The van der Waals surface area contributed by atoms with Gasteiger partial charge in [0.25, 0.3) is 13.2 Å². The molecule has 0 aliphatic heterocycles. The highest BCUT2D eigenvalue weighted by Crippen LogP contribution is 2.54. The molecule has 7 heteroatoms. The Morgan fingerprint density at radius 3 is 2.12 bits per heavy atom. The first kappa shape index (κ1) is 19.3. The molecule has 6 nitrogen and oxygen atoms in total. The molecule has 0 heterocycles. The molecule has 0 saturated heterocycles. The first-order valence-electron chi connectivity index (χ1n) is 8.24. The van der Waals surface area contributed by atoms with Crippen LogP contribution in [-0.4, -0.2) is 22.7 Å². The summed E-state index contributed by atoms with van der Waals surface area (Å²) in [5.41, 5.74) is 1.74. The molecule has 0 bridgehead atoms. The number of hydrogen-bond acceptors (Lipinski definition) is 4. The third-order valence-corrected chi connectivity index (χ3v) is 6.69. The van der Waals surface area contributed by atoms with Crippen molar-refractivity contribution in [3.8, 4) is 0 Å². The van der Waals surface area contributed by atoms with Gasteiger partial charge in [0.2, 0.25) is 0 Å². The van der Waals surface area contributed by atoms with Crippen molar-refractivity contribution in [1.29, 1.82) is 0 Å². The Morgan fingerprint density at radius 1 is 1.00 bits per heavy atom. The van der Waals surface area contributed by atoms with E-state index in [9.17, 15) is 14.7 Å². The van der Waals surface area contributed by atoms with Gasteiger partial charge in [-0.1, -0.05) is 44.2 Å². The third-order valence-electron chi connectivity index (χ3n) is 3.97. The van der Waals surface area contributed by atoms with Crippen molar-refractivity contribution in [3.05, 3.63) is 75.8 Å². The normalized spacial score (nSPS) is 13.6. The minimum absolute atomic E-state index is 0.0277. The lowest BCUT2D eigenvalue weighted by atomic mass is 10.2. The van der Waals surface area contributed by atoms with Gasteiger partial charge < -0.3 is 4.52 Å². The van der Waals surface area contributed by atoms with Gasteiger partial charge in [0.15, 0.2) is 0 Å². The molecule has 0 N–H and O–H groups in total. The minimum atomic E-state index is -3.05. The standard InChI is InChI=1S/C18H23N2O4P/c1-3-19(4-2)25(23,15-17-8-6-5-7-9-17)24-14-16-10-12-18(13-11-16)20(21)22/h5-13H,3-4,14-15H2,1-2H3. The van der Waals surface area contributed by atoms with E-state index >= 15 is 0 Å². The van der Waals surface area contributed by atoms with Crippen LogP contribution in [0.2, 0.25) is 0 Å². The van der Waals surface area contributed by atoms with Crippen molar-refractivity contribution < 1.29 is 14.0 Å². The van der Waals surface area contributed by atoms with Crippen LogP contribution >= 0.6 is 7.52 Å². The zero-order valence-corrected chi connectivity index (χ0v) is 15.4. The fourth-order valence-electron chi connectivity index (χ4n) is 2.59. The van der Waals surface area contributed by atoms with Crippen LogP contribution in [0, 0.1) is 10.1 Å². The summed E-state index contributed by atoms with van der Waals surface area (Å²) >= 11 is 0. The molecule has 1 unspecified atom stereocenters. The molecule has 134 valence electrons. The van der Waals surface area contributed by atoms with E-state index in [1.165, 1.54) is 12.1 Å². The Labute approximate surface area is 148 Å². The predicted molar refractivity (Wildman–Crippen MR) is 98.6 cm³/mol. The summed E-state index contributed by atoms with van der Waals surface area (Å²) in [6.45, 7) is 5.31. The summed E-state index contributed by atoms with van der Waals surface area (Å²) in [6.07, 6.45) is 0.336. The van der Waals surface area contributed by atoms with Crippen LogP contribution in [0.3, 0.4) is 0 Å². The van der Waals surface area contributed by atoms with Gasteiger partial charge in [0.05, 0.1) is 17.7 Å². The molecule has 0 amide bonds. The minimum Gasteiger partial charge on any atom is -0.312 e. The average Bonchev–Trinajstić information content (AvgIpc) is 2.62. The Morgan fingerprint density at radius 2 is 1.60 bits per heavy atom. The zero-order valence-electron chi connectivity index (χ0n) is 14.5. The van der Waals surface area contributed by atoms with Crippen molar-refractivity contribution in [2.45, 2.75) is 26.6 Å². The number of nitro benzene ring substituents is 1. The average molecular weight is 362 g/mol. The highest BCUT2D eigenvalue weighted by Gasteiger charge is 2.30. The molecule has 0 radical (unpaired) electrons. The van der Waals surface area contributed by atoms with Crippen molar-refractivity contribution >= 4 is 13.2 Å². The van der Waals surface area contributed by atoms with Crippen LogP contribution in [0.4, 0.5) is 5.69 Å². The Hall–Kier alpha value is -2.01. The number of non-ortho nitro benzene ring substituents is 1. The summed E-state index contributed by atoms with van der Waals surface area (Å²) in [4.78, 5) is 10.3. The quantitative estimate of drug-likeness (QED) is 0.362. The van der Waals surface area contributed by atoms with Crippen LogP contribution < -0.4 is 0 Å². The summed E-state index contributed by atoms with van der Waals surface area (Å²) in [6, 6.07) is 15.7. The lowest BCUT2D eigenvalue weighted by Gasteiger charge is -2.29. The summed E-state index contributed by atoms with van der Waals surface area (Å²) < 4.78 is 21.2. The Balaban J connectivity index is 2.15. The lowest BCUT2D eigenvalue weighted by molar-refractivity contribution is -0.384. The van der Waals surface area contributed by atoms with E-state index in [0.717, 1.165) is 11.1 Å². The Bertz CT molecular complexity index is 731. The molecule has 2 rings (SSSR count). The van der Waals surface area contributed by atoms with Gasteiger partial charge in [-0.15, -0.1) is 0 Å². The van der Waals surface area contributed by atoms with Crippen LogP contribution in [0.1, 0.15) is 25.0 Å². The molecule has 0 spiro atoms. The molecule has 0 saturated carbocycles. The fraction of sp³-hybridized carbons (Fsp3) is 0.333. The van der Waals surface area contributed by atoms with E-state index in [0.29, 0.717) is 19.3 Å². The number of benzene rings is 2. The molecular weight excluding hydrogens is 339 g/mol. The van der Waals surface area contributed by atoms with Crippen molar-refractivity contribution in [2.24, 2.45) is 0 Å². The topological polar surface area (TPSA) is 72.7 Å². The van der Waals surface area contributed by atoms with Gasteiger partial charge in [0, 0.05) is 25.2 Å². The van der Waals surface area contributed by atoms with Crippen molar-refractivity contribution in [3.63, 3.8) is 0 Å². The molecule has 25 heavy (non-hydrogen) atoms. The van der Waals surface area contributed by atoms with Gasteiger partial charge in [-0.05, 0) is 23.3 Å². The highest BCUT2D eigenvalue weighted by molar-refractivity contribution is 7.55. The number of nitrogens with zero attached hydrogens (tertiary/aromatic N) is 2. The molecule has 0 aliphatic rings. The van der Waals surface area contributed by atoms with Crippen LogP contribution in [0.25, 0.3) is 0 Å². The SMILES string of the molecule is CCN(CC)P(=O)(Cc1ccccc1)OCc1ccc([N+](=O)[O-])cc1. The molecule has 2 aromatic rings. The van der Waals surface area contributed by atoms with Gasteiger partial charge in [-0.25, -0.2) is 4.67 Å². The van der Waals surface area contributed by atoms with E-state index in [-0.39, 0.29) is 12.3 Å². The third kappa shape index (κ3) is 5.23. The van der Waals surface area contributed by atoms with Crippen molar-refractivity contribution in [2.75, 3.05) is 13.1 Å². The maximum atomic E-state index is 13.5. The predicted octanol–water partition coefficient (Wildman–Crippen LogP) is 4.85. The van der Waals surface area contributed by atoms with E-state index < -0.39 is 12.4 Å². The van der Waals surface area contributed by atoms with Crippen LogP contribution in [0.5, 0.6) is 0 Å². The monoisotopic (exact) mass is 362 g/mol. The van der Waals surface area contributed by atoms with Gasteiger partial charge in [0.1, 0.15) is 0 Å². The van der Waals surface area contributed by atoms with Gasteiger partial charge in [-0.3, -0.25) is 14.7 Å². The second-order valence-corrected chi connectivity index (χ2v) is 8.03. The number of rotatable bonds is 9. The molecule has 0 aromatic heterocycles. The second kappa shape index (κ2) is 8.90. The number of hydrogen-bond donors (Lipinski definition) is 0. The largest absolute Gasteiger partial charge is 0.312 e. The highest BCUT2D eigenvalue weighted by atomic mass is 31.2. The van der Waals surface area contributed by atoms with Gasteiger partial charge in [-0.2, -0.15) is 0 Å². The second-order valence-electron chi connectivity index (χ2n) is 5.62. The maximum absolute atomic E-state index is 13.5. The molecule has 0 fully saturated rings. The summed E-state index contributed by atoms with van der Waals surface area (Å²) in [5.74, 6) is 0.